The van der Waals surface area contributed by atoms with Crippen molar-refractivity contribution in [3.05, 3.63) is 35.6 Å². The second-order valence-corrected chi connectivity index (χ2v) is 4.96. The van der Waals surface area contributed by atoms with Crippen molar-refractivity contribution in [2.75, 3.05) is 20.1 Å². The van der Waals surface area contributed by atoms with Crippen LogP contribution in [0.1, 0.15) is 18.4 Å². The standard InChI is InChI=1S/C13H17FN2/c1-16(12-8-15-9-12)13(6-7-13)10-2-4-11(14)5-3-10/h2-5,12,15H,6-9H2,1H3. The molecule has 0 atom stereocenters. The van der Waals surface area contributed by atoms with Crippen molar-refractivity contribution < 1.29 is 4.39 Å². The molecule has 2 aliphatic rings. The summed E-state index contributed by atoms with van der Waals surface area (Å²) in [5.41, 5.74) is 1.46. The van der Waals surface area contributed by atoms with E-state index in [9.17, 15) is 4.39 Å². The summed E-state index contributed by atoms with van der Waals surface area (Å²) >= 11 is 0. The van der Waals surface area contributed by atoms with Crippen molar-refractivity contribution in [2.24, 2.45) is 0 Å². The van der Waals surface area contributed by atoms with Crippen LogP contribution < -0.4 is 5.32 Å². The molecule has 16 heavy (non-hydrogen) atoms. The van der Waals surface area contributed by atoms with Gasteiger partial charge in [0.15, 0.2) is 0 Å². The highest BCUT2D eigenvalue weighted by Crippen LogP contribution is 2.51. The van der Waals surface area contributed by atoms with Crippen molar-refractivity contribution in [1.82, 2.24) is 10.2 Å². The van der Waals surface area contributed by atoms with E-state index in [4.69, 9.17) is 0 Å². The van der Waals surface area contributed by atoms with Gasteiger partial charge in [-0.2, -0.15) is 0 Å². The van der Waals surface area contributed by atoms with Gasteiger partial charge in [-0.25, -0.2) is 4.39 Å². The van der Waals surface area contributed by atoms with Crippen molar-refractivity contribution in [3.63, 3.8) is 0 Å². The largest absolute Gasteiger partial charge is 0.314 e. The van der Waals surface area contributed by atoms with E-state index < -0.39 is 0 Å². The van der Waals surface area contributed by atoms with Gasteiger partial charge in [-0.3, -0.25) is 4.90 Å². The molecule has 3 heteroatoms. The number of nitrogens with one attached hydrogen (secondary N) is 1. The summed E-state index contributed by atoms with van der Waals surface area (Å²) in [6.07, 6.45) is 2.40. The van der Waals surface area contributed by atoms with Crippen LogP contribution in [0.15, 0.2) is 24.3 Å². The van der Waals surface area contributed by atoms with Crippen molar-refractivity contribution >= 4 is 0 Å². The summed E-state index contributed by atoms with van der Waals surface area (Å²) in [7, 11) is 2.20. The molecule has 86 valence electrons. The molecule has 1 saturated carbocycles. The predicted molar refractivity (Wildman–Crippen MR) is 61.7 cm³/mol. The summed E-state index contributed by atoms with van der Waals surface area (Å²) in [5.74, 6) is -0.146. The lowest BCUT2D eigenvalue weighted by Gasteiger charge is -2.41. The fraction of sp³-hybridized carbons (Fsp3) is 0.538. The predicted octanol–water partition coefficient (Wildman–Crippen LogP) is 1.72. The number of likely N-dealkylation sites (N-methyl/N-ethyl adjacent to an activating group) is 1. The molecule has 1 aromatic carbocycles. The highest BCUT2D eigenvalue weighted by molar-refractivity contribution is 5.31. The molecule has 0 radical (unpaired) electrons. The minimum atomic E-state index is -0.146. The van der Waals surface area contributed by atoms with Gasteiger partial charge in [0, 0.05) is 24.7 Å². The number of nitrogens with zero attached hydrogens (tertiary/aromatic N) is 1. The average Bonchev–Trinajstić information content (AvgIpc) is 2.97. The quantitative estimate of drug-likeness (QED) is 0.834. The van der Waals surface area contributed by atoms with E-state index in [1.807, 2.05) is 12.1 Å². The van der Waals surface area contributed by atoms with Gasteiger partial charge in [0.2, 0.25) is 0 Å². The Hall–Kier alpha value is -0.930. The SMILES string of the molecule is CN(C1CNC1)C1(c2ccc(F)cc2)CC1. The molecule has 0 spiro atoms. The minimum Gasteiger partial charge on any atom is -0.314 e. The van der Waals surface area contributed by atoms with Gasteiger partial charge in [0.05, 0.1) is 0 Å². The third-order valence-electron chi connectivity index (χ3n) is 4.09. The Labute approximate surface area is 95.4 Å². The van der Waals surface area contributed by atoms with Crippen molar-refractivity contribution in [3.8, 4) is 0 Å². The van der Waals surface area contributed by atoms with Gasteiger partial charge < -0.3 is 5.32 Å². The number of hydrogen-bond acceptors (Lipinski definition) is 2. The number of hydrogen-bond donors (Lipinski definition) is 1. The molecule has 1 aromatic rings. The highest BCUT2D eigenvalue weighted by Gasteiger charge is 2.50. The van der Waals surface area contributed by atoms with Crippen LogP contribution in [0, 0.1) is 5.82 Å². The Balaban J connectivity index is 1.84. The van der Waals surface area contributed by atoms with Crippen molar-refractivity contribution in [2.45, 2.75) is 24.4 Å². The Morgan fingerprint density at radius 1 is 1.25 bits per heavy atom. The van der Waals surface area contributed by atoms with E-state index in [1.54, 1.807) is 12.1 Å². The maximum atomic E-state index is 12.9. The molecule has 2 nitrogen and oxygen atoms in total. The van der Waals surface area contributed by atoms with Crippen LogP contribution in [0.4, 0.5) is 4.39 Å². The second-order valence-electron chi connectivity index (χ2n) is 4.96. The lowest BCUT2D eigenvalue weighted by molar-refractivity contribution is 0.111. The van der Waals surface area contributed by atoms with Crippen LogP contribution in [0.2, 0.25) is 0 Å². The van der Waals surface area contributed by atoms with E-state index in [1.165, 1.54) is 18.4 Å². The van der Waals surface area contributed by atoms with Crippen LogP contribution in [0.25, 0.3) is 0 Å². The fourth-order valence-corrected chi connectivity index (χ4v) is 2.62. The van der Waals surface area contributed by atoms with Crippen LogP contribution in [-0.2, 0) is 5.54 Å². The first-order valence-corrected chi connectivity index (χ1v) is 5.92. The third kappa shape index (κ3) is 1.46. The first kappa shape index (κ1) is 10.2. The van der Waals surface area contributed by atoms with Crippen LogP contribution in [0.3, 0.4) is 0 Å². The topological polar surface area (TPSA) is 15.3 Å². The number of rotatable bonds is 3. The lowest BCUT2D eigenvalue weighted by atomic mass is 9.99. The number of benzene rings is 1. The molecule has 1 N–H and O–H groups in total. The Kier molecular flexibility index (Phi) is 2.26. The first-order chi connectivity index (χ1) is 7.72. The number of halogens is 1. The monoisotopic (exact) mass is 220 g/mol. The van der Waals surface area contributed by atoms with Gasteiger partial charge in [-0.1, -0.05) is 12.1 Å². The molecule has 0 unspecified atom stereocenters. The van der Waals surface area contributed by atoms with Crippen LogP contribution >= 0.6 is 0 Å². The zero-order valence-corrected chi connectivity index (χ0v) is 9.54. The summed E-state index contributed by atoms with van der Waals surface area (Å²) < 4.78 is 12.9. The average molecular weight is 220 g/mol. The minimum absolute atomic E-state index is 0.146. The van der Waals surface area contributed by atoms with E-state index in [0.29, 0.717) is 6.04 Å². The molecule has 1 saturated heterocycles. The molecule has 2 fully saturated rings. The second kappa shape index (κ2) is 3.54. The Morgan fingerprint density at radius 3 is 2.31 bits per heavy atom. The maximum absolute atomic E-state index is 12.9. The molecule has 1 aliphatic carbocycles. The van der Waals surface area contributed by atoms with Gasteiger partial charge in [-0.15, -0.1) is 0 Å². The van der Waals surface area contributed by atoms with E-state index in [0.717, 1.165) is 13.1 Å². The summed E-state index contributed by atoms with van der Waals surface area (Å²) in [4.78, 5) is 2.47. The van der Waals surface area contributed by atoms with Gasteiger partial charge in [0.1, 0.15) is 5.82 Å². The zero-order valence-electron chi connectivity index (χ0n) is 9.54. The smallest absolute Gasteiger partial charge is 0.123 e. The highest BCUT2D eigenvalue weighted by atomic mass is 19.1. The van der Waals surface area contributed by atoms with Crippen LogP contribution in [0.5, 0.6) is 0 Å². The van der Waals surface area contributed by atoms with Crippen LogP contribution in [-0.4, -0.2) is 31.1 Å². The van der Waals surface area contributed by atoms with Crippen molar-refractivity contribution in [1.29, 1.82) is 0 Å². The third-order valence-corrected chi connectivity index (χ3v) is 4.09. The normalized spacial score (nSPS) is 23.2. The molecule has 0 aromatic heterocycles. The molecular formula is C13H17FN2. The van der Waals surface area contributed by atoms with Gasteiger partial charge in [-0.05, 0) is 37.6 Å². The molecule has 0 bridgehead atoms. The molecule has 0 amide bonds. The Morgan fingerprint density at radius 2 is 1.88 bits per heavy atom. The molecule has 1 heterocycles. The Bertz CT molecular complexity index is 379. The van der Waals surface area contributed by atoms with Gasteiger partial charge >= 0.3 is 0 Å². The summed E-state index contributed by atoms with van der Waals surface area (Å²) in [5, 5.41) is 3.30. The molecule has 3 rings (SSSR count). The maximum Gasteiger partial charge on any atom is 0.123 e. The molecular weight excluding hydrogens is 203 g/mol. The van der Waals surface area contributed by atoms with E-state index in [-0.39, 0.29) is 11.4 Å². The molecule has 1 aliphatic heterocycles. The van der Waals surface area contributed by atoms with Gasteiger partial charge in [0.25, 0.3) is 0 Å². The summed E-state index contributed by atoms with van der Waals surface area (Å²) in [6.45, 7) is 2.17. The van der Waals surface area contributed by atoms with E-state index >= 15 is 0 Å². The first-order valence-electron chi connectivity index (χ1n) is 5.92. The fourth-order valence-electron chi connectivity index (χ4n) is 2.62. The summed E-state index contributed by atoms with van der Waals surface area (Å²) in [6, 6.07) is 7.66. The van der Waals surface area contributed by atoms with E-state index in [2.05, 4.69) is 17.3 Å². The lowest BCUT2D eigenvalue weighted by Crippen LogP contribution is -2.58. The zero-order chi connectivity index (χ0) is 11.2.